The zero-order chi connectivity index (χ0) is 31.6. The van der Waals surface area contributed by atoms with Crippen LogP contribution in [0.5, 0.6) is 0 Å². The number of hydrogen-bond donors (Lipinski definition) is 0. The van der Waals surface area contributed by atoms with Gasteiger partial charge in [-0.15, -0.1) is 0 Å². The molecule has 2 aromatic heterocycles. The summed E-state index contributed by atoms with van der Waals surface area (Å²) in [4.78, 5) is 0. The molecule has 0 fully saturated rings. The van der Waals surface area contributed by atoms with Crippen LogP contribution in [0.4, 0.5) is 0 Å². The molecule has 2 heteroatoms. The van der Waals surface area contributed by atoms with E-state index in [9.17, 15) is 0 Å². The van der Waals surface area contributed by atoms with E-state index >= 15 is 0 Å². The fourth-order valence-corrected chi connectivity index (χ4v) is 7.67. The van der Waals surface area contributed by atoms with Gasteiger partial charge in [-0.3, -0.25) is 0 Å². The third kappa shape index (κ3) is 4.13. The summed E-state index contributed by atoms with van der Waals surface area (Å²) in [5, 5.41) is 7.56. The second-order valence-electron chi connectivity index (χ2n) is 12.6. The van der Waals surface area contributed by atoms with E-state index in [1.54, 1.807) is 0 Å². The number of benzene rings is 8. The second-order valence-corrected chi connectivity index (χ2v) is 12.6. The highest BCUT2D eigenvalue weighted by Crippen LogP contribution is 2.38. The molecule has 0 atom stereocenters. The molecule has 0 aliphatic carbocycles. The van der Waals surface area contributed by atoms with Gasteiger partial charge in [0.05, 0.1) is 22.1 Å². The normalized spacial score (nSPS) is 11.8. The highest BCUT2D eigenvalue weighted by Gasteiger charge is 2.16. The minimum absolute atomic E-state index is 1.15. The monoisotopic (exact) mass is 610 g/mol. The summed E-state index contributed by atoms with van der Waals surface area (Å²) in [5.74, 6) is 0. The van der Waals surface area contributed by atoms with Crippen molar-refractivity contribution in [3.8, 4) is 33.6 Å². The Bertz CT molecular complexity index is 2740. The second kappa shape index (κ2) is 10.6. The zero-order valence-corrected chi connectivity index (χ0v) is 26.2. The number of rotatable bonds is 4. The number of hydrogen-bond acceptors (Lipinski definition) is 0. The lowest BCUT2D eigenvalue weighted by atomic mass is 9.96. The van der Waals surface area contributed by atoms with Crippen LogP contribution in [-0.4, -0.2) is 9.13 Å². The molecule has 0 saturated carbocycles. The maximum atomic E-state index is 2.43. The van der Waals surface area contributed by atoms with Crippen molar-refractivity contribution >= 4 is 54.4 Å². The first-order chi connectivity index (χ1) is 23.8. The zero-order valence-electron chi connectivity index (χ0n) is 26.2. The van der Waals surface area contributed by atoms with E-state index in [1.807, 2.05) is 0 Å². The first-order valence-corrected chi connectivity index (χ1v) is 16.5. The van der Waals surface area contributed by atoms with Crippen LogP contribution in [-0.2, 0) is 0 Å². The molecule has 2 nitrogen and oxygen atoms in total. The Labute approximate surface area is 278 Å². The van der Waals surface area contributed by atoms with Crippen LogP contribution in [0.25, 0.3) is 88.0 Å². The molecule has 0 radical (unpaired) electrons. The van der Waals surface area contributed by atoms with Crippen molar-refractivity contribution < 1.29 is 0 Å². The van der Waals surface area contributed by atoms with Gasteiger partial charge in [0.1, 0.15) is 0 Å². The molecular weight excluding hydrogens is 581 g/mol. The smallest absolute Gasteiger partial charge is 0.0541 e. The topological polar surface area (TPSA) is 9.86 Å². The molecule has 2 heterocycles. The van der Waals surface area contributed by atoms with E-state index in [1.165, 1.54) is 76.6 Å². The predicted molar refractivity (Wildman–Crippen MR) is 203 cm³/mol. The van der Waals surface area contributed by atoms with Crippen LogP contribution in [0.3, 0.4) is 0 Å². The van der Waals surface area contributed by atoms with Crippen LogP contribution in [0.2, 0.25) is 0 Å². The van der Waals surface area contributed by atoms with Crippen molar-refractivity contribution in [1.29, 1.82) is 0 Å². The Morgan fingerprint density at radius 3 is 1.25 bits per heavy atom. The van der Waals surface area contributed by atoms with E-state index < -0.39 is 0 Å². The maximum absolute atomic E-state index is 2.43. The summed E-state index contributed by atoms with van der Waals surface area (Å²) in [7, 11) is 0. The van der Waals surface area contributed by atoms with Crippen LogP contribution in [0, 0.1) is 0 Å². The number of para-hydroxylation sites is 4. The highest BCUT2D eigenvalue weighted by atomic mass is 15.0. The number of nitrogens with zero attached hydrogens (tertiary/aromatic N) is 2. The van der Waals surface area contributed by atoms with Gasteiger partial charge in [0.2, 0.25) is 0 Å². The SMILES string of the molecule is c1cc(-c2cc(-c3ccc4ccccc4c3)cc(-n3c4ccccc4c4ccccc43)c2)cc(-n2c3ccccc3c3ccccc32)c1. The van der Waals surface area contributed by atoms with Crippen molar-refractivity contribution in [2.75, 3.05) is 0 Å². The van der Waals surface area contributed by atoms with Crippen molar-refractivity contribution in [2.45, 2.75) is 0 Å². The van der Waals surface area contributed by atoms with Crippen LogP contribution >= 0.6 is 0 Å². The third-order valence-corrected chi connectivity index (χ3v) is 9.86. The Hall–Kier alpha value is -6.38. The fourth-order valence-electron chi connectivity index (χ4n) is 7.67. The first kappa shape index (κ1) is 26.8. The molecular formula is C46H30N2. The van der Waals surface area contributed by atoms with Crippen LogP contribution in [0.15, 0.2) is 182 Å². The van der Waals surface area contributed by atoms with Crippen LogP contribution < -0.4 is 0 Å². The Morgan fingerprint density at radius 1 is 0.250 bits per heavy atom. The minimum atomic E-state index is 1.15. The summed E-state index contributed by atoms with van der Waals surface area (Å²) in [6.07, 6.45) is 0. The predicted octanol–water partition coefficient (Wildman–Crippen LogP) is 12.4. The van der Waals surface area contributed by atoms with Crippen LogP contribution in [0.1, 0.15) is 0 Å². The Kier molecular flexibility index (Phi) is 5.91. The Morgan fingerprint density at radius 2 is 0.688 bits per heavy atom. The fraction of sp³-hybridized carbons (Fsp3) is 0. The lowest BCUT2D eigenvalue weighted by Gasteiger charge is -2.15. The van der Waals surface area contributed by atoms with E-state index in [4.69, 9.17) is 0 Å². The summed E-state index contributed by atoms with van der Waals surface area (Å²) >= 11 is 0. The molecule has 0 N–H and O–H groups in total. The van der Waals surface area contributed by atoms with Gasteiger partial charge in [-0.05, 0) is 93.7 Å². The van der Waals surface area contributed by atoms with Crippen molar-refractivity contribution in [3.05, 3.63) is 182 Å². The van der Waals surface area contributed by atoms with E-state index in [-0.39, 0.29) is 0 Å². The lowest BCUT2D eigenvalue weighted by molar-refractivity contribution is 1.17. The van der Waals surface area contributed by atoms with E-state index in [0.29, 0.717) is 0 Å². The van der Waals surface area contributed by atoms with Gasteiger partial charge in [0, 0.05) is 32.9 Å². The molecule has 0 spiro atoms. The molecule has 0 amide bonds. The summed E-state index contributed by atoms with van der Waals surface area (Å²) in [6.45, 7) is 0. The van der Waals surface area contributed by atoms with Gasteiger partial charge in [-0.25, -0.2) is 0 Å². The van der Waals surface area contributed by atoms with Gasteiger partial charge in [-0.2, -0.15) is 0 Å². The van der Waals surface area contributed by atoms with Gasteiger partial charge < -0.3 is 9.13 Å². The number of fused-ring (bicyclic) bond motifs is 7. The summed E-state index contributed by atoms with van der Waals surface area (Å²) in [6, 6.07) is 66.4. The molecule has 0 aliphatic heterocycles. The molecule has 224 valence electrons. The van der Waals surface area contributed by atoms with Crippen molar-refractivity contribution in [1.82, 2.24) is 9.13 Å². The van der Waals surface area contributed by atoms with Gasteiger partial charge in [0.15, 0.2) is 0 Å². The maximum Gasteiger partial charge on any atom is 0.0541 e. The molecule has 48 heavy (non-hydrogen) atoms. The third-order valence-electron chi connectivity index (χ3n) is 9.86. The van der Waals surface area contributed by atoms with E-state index in [0.717, 1.165) is 11.4 Å². The average molecular weight is 611 g/mol. The van der Waals surface area contributed by atoms with E-state index in [2.05, 4.69) is 191 Å². The molecule has 0 bridgehead atoms. The molecule has 0 aliphatic rings. The average Bonchev–Trinajstić information content (AvgIpc) is 3.68. The molecule has 8 aromatic carbocycles. The molecule has 0 unspecified atom stereocenters. The molecule has 0 saturated heterocycles. The largest absolute Gasteiger partial charge is 0.309 e. The quantitative estimate of drug-likeness (QED) is 0.188. The first-order valence-electron chi connectivity index (χ1n) is 16.5. The minimum Gasteiger partial charge on any atom is -0.309 e. The van der Waals surface area contributed by atoms with Gasteiger partial charge in [0.25, 0.3) is 0 Å². The summed E-state index contributed by atoms with van der Waals surface area (Å²) < 4.78 is 4.82. The lowest BCUT2D eigenvalue weighted by Crippen LogP contribution is -1.97. The van der Waals surface area contributed by atoms with Crippen molar-refractivity contribution in [3.63, 3.8) is 0 Å². The highest BCUT2D eigenvalue weighted by molar-refractivity contribution is 6.10. The molecule has 10 aromatic rings. The standard InChI is InChI=1S/C46H30N2/c1-2-13-32-26-34(25-24-31(32)12-1)36-27-35(29-38(30-36)48-45-22-9-5-18-41(45)42-19-6-10-23-46(42)48)33-14-11-15-37(28-33)47-43-20-7-3-16-39(43)40-17-4-8-21-44(40)47/h1-30H. The summed E-state index contributed by atoms with van der Waals surface area (Å²) in [5.41, 5.74) is 11.9. The van der Waals surface area contributed by atoms with Gasteiger partial charge >= 0.3 is 0 Å². The number of aromatic nitrogens is 2. The van der Waals surface area contributed by atoms with Crippen molar-refractivity contribution in [2.24, 2.45) is 0 Å². The van der Waals surface area contributed by atoms with Gasteiger partial charge in [-0.1, -0.05) is 121 Å². The molecule has 10 rings (SSSR count). The Balaban J connectivity index is 1.23.